The van der Waals surface area contributed by atoms with E-state index in [0.717, 1.165) is 19.4 Å². The lowest BCUT2D eigenvalue weighted by Gasteiger charge is -2.35. The lowest BCUT2D eigenvalue weighted by Crippen LogP contribution is -2.41. The molecule has 1 saturated carbocycles. The van der Waals surface area contributed by atoms with Crippen LogP contribution in [-0.4, -0.2) is 54.8 Å². The van der Waals surface area contributed by atoms with Crippen molar-refractivity contribution in [3.05, 3.63) is 0 Å². The summed E-state index contributed by atoms with van der Waals surface area (Å²) >= 11 is 0. The number of nitrogens with one attached hydrogen (secondary N) is 2. The summed E-state index contributed by atoms with van der Waals surface area (Å²) in [6.07, 6.45) is 2.39. The Morgan fingerprint density at radius 3 is 2.47 bits per heavy atom. The van der Waals surface area contributed by atoms with E-state index in [4.69, 9.17) is 4.74 Å². The molecule has 1 heterocycles. The number of ether oxygens (including phenoxy) is 1. The van der Waals surface area contributed by atoms with E-state index in [1.54, 1.807) is 7.05 Å². The molecule has 0 aliphatic heterocycles. The zero-order chi connectivity index (χ0) is 13.8. The maximum atomic E-state index is 5.54. The van der Waals surface area contributed by atoms with Gasteiger partial charge in [0.25, 0.3) is 0 Å². The predicted octanol–water partition coefficient (Wildman–Crippen LogP) is 0.959. The Hall–Kier alpha value is -1.63. The fourth-order valence-electron chi connectivity index (χ4n) is 1.98. The second-order valence-corrected chi connectivity index (χ2v) is 4.82. The van der Waals surface area contributed by atoms with Crippen molar-refractivity contribution in [2.75, 3.05) is 43.3 Å². The van der Waals surface area contributed by atoms with E-state index in [1.807, 2.05) is 25.9 Å². The number of hydrogen-bond donors (Lipinski definition) is 2. The van der Waals surface area contributed by atoms with E-state index in [0.29, 0.717) is 30.0 Å². The summed E-state index contributed by atoms with van der Waals surface area (Å²) in [4.78, 5) is 14.8. The van der Waals surface area contributed by atoms with Crippen molar-refractivity contribution in [1.29, 1.82) is 0 Å². The SMILES string of the molecule is CCOC1CC(Nc2nc(NC)nc(N(C)C)n2)C1. The summed E-state index contributed by atoms with van der Waals surface area (Å²) in [7, 11) is 5.62. The summed E-state index contributed by atoms with van der Waals surface area (Å²) < 4.78 is 5.54. The minimum Gasteiger partial charge on any atom is -0.378 e. The molecule has 1 aromatic heterocycles. The standard InChI is InChI=1S/C12H22N6O/c1-5-19-9-6-8(7-9)14-11-15-10(13-2)16-12(17-11)18(3)4/h8-9H,5-7H2,1-4H3,(H2,13,14,15,16,17). The fourth-order valence-corrected chi connectivity index (χ4v) is 1.98. The van der Waals surface area contributed by atoms with Crippen LogP contribution in [0, 0.1) is 0 Å². The first kappa shape index (κ1) is 13.8. The van der Waals surface area contributed by atoms with Crippen LogP contribution in [0.5, 0.6) is 0 Å². The fraction of sp³-hybridized carbons (Fsp3) is 0.750. The number of nitrogens with zero attached hydrogens (tertiary/aromatic N) is 4. The molecule has 7 nitrogen and oxygen atoms in total. The zero-order valence-electron chi connectivity index (χ0n) is 12.0. The van der Waals surface area contributed by atoms with Gasteiger partial charge in [0.1, 0.15) is 0 Å². The van der Waals surface area contributed by atoms with Crippen LogP contribution in [0.25, 0.3) is 0 Å². The average molecular weight is 266 g/mol. The Labute approximate surface area is 113 Å². The Kier molecular flexibility index (Phi) is 4.36. The highest BCUT2D eigenvalue weighted by atomic mass is 16.5. The van der Waals surface area contributed by atoms with Crippen molar-refractivity contribution in [2.45, 2.75) is 31.9 Å². The van der Waals surface area contributed by atoms with Crippen LogP contribution in [0.4, 0.5) is 17.8 Å². The smallest absolute Gasteiger partial charge is 0.231 e. The van der Waals surface area contributed by atoms with Gasteiger partial charge >= 0.3 is 0 Å². The van der Waals surface area contributed by atoms with E-state index >= 15 is 0 Å². The van der Waals surface area contributed by atoms with Crippen molar-refractivity contribution < 1.29 is 4.74 Å². The largest absolute Gasteiger partial charge is 0.378 e. The van der Waals surface area contributed by atoms with Crippen molar-refractivity contribution in [3.8, 4) is 0 Å². The van der Waals surface area contributed by atoms with E-state index in [2.05, 4.69) is 25.6 Å². The molecule has 0 bridgehead atoms. The topological polar surface area (TPSA) is 75.2 Å². The Balaban J connectivity index is 1.98. The van der Waals surface area contributed by atoms with Gasteiger partial charge in [-0.3, -0.25) is 0 Å². The van der Waals surface area contributed by atoms with Crippen LogP contribution >= 0.6 is 0 Å². The third-order valence-corrected chi connectivity index (χ3v) is 3.08. The Morgan fingerprint density at radius 1 is 1.21 bits per heavy atom. The summed E-state index contributed by atoms with van der Waals surface area (Å²) in [6.45, 7) is 2.80. The lowest BCUT2D eigenvalue weighted by molar-refractivity contribution is 0.00285. The molecule has 1 aliphatic carbocycles. The second kappa shape index (κ2) is 6.01. The van der Waals surface area contributed by atoms with Gasteiger partial charge in [0.05, 0.1) is 6.10 Å². The second-order valence-electron chi connectivity index (χ2n) is 4.82. The molecular formula is C12H22N6O. The molecule has 1 aromatic rings. The zero-order valence-corrected chi connectivity index (χ0v) is 12.0. The van der Waals surface area contributed by atoms with Gasteiger partial charge in [-0.1, -0.05) is 0 Å². The van der Waals surface area contributed by atoms with Crippen LogP contribution in [0.2, 0.25) is 0 Å². The quantitative estimate of drug-likeness (QED) is 0.794. The van der Waals surface area contributed by atoms with Gasteiger partial charge in [0.15, 0.2) is 0 Å². The minimum atomic E-state index is 0.376. The van der Waals surface area contributed by atoms with E-state index < -0.39 is 0 Å². The molecule has 0 saturated heterocycles. The molecule has 106 valence electrons. The van der Waals surface area contributed by atoms with Crippen LogP contribution in [-0.2, 0) is 4.74 Å². The highest BCUT2D eigenvalue weighted by Gasteiger charge is 2.30. The van der Waals surface area contributed by atoms with Crippen LogP contribution in [0.15, 0.2) is 0 Å². The van der Waals surface area contributed by atoms with Crippen LogP contribution in [0.1, 0.15) is 19.8 Å². The monoisotopic (exact) mass is 266 g/mol. The summed E-state index contributed by atoms with van der Waals surface area (Å²) in [6, 6.07) is 0.388. The summed E-state index contributed by atoms with van der Waals surface area (Å²) in [5, 5.41) is 6.28. The molecule has 1 fully saturated rings. The van der Waals surface area contributed by atoms with Crippen molar-refractivity contribution >= 4 is 17.8 Å². The molecule has 7 heteroatoms. The molecular weight excluding hydrogens is 244 g/mol. The molecule has 0 amide bonds. The van der Waals surface area contributed by atoms with Crippen LogP contribution < -0.4 is 15.5 Å². The van der Waals surface area contributed by atoms with Crippen molar-refractivity contribution in [2.24, 2.45) is 0 Å². The van der Waals surface area contributed by atoms with Gasteiger partial charge in [-0.25, -0.2) is 0 Å². The van der Waals surface area contributed by atoms with E-state index in [9.17, 15) is 0 Å². The first-order chi connectivity index (χ1) is 9.12. The van der Waals surface area contributed by atoms with Crippen LogP contribution in [0.3, 0.4) is 0 Å². The number of anilines is 3. The Bertz CT molecular complexity index is 419. The molecule has 0 radical (unpaired) electrons. The highest BCUT2D eigenvalue weighted by Crippen LogP contribution is 2.26. The third kappa shape index (κ3) is 3.44. The maximum Gasteiger partial charge on any atom is 0.231 e. The minimum absolute atomic E-state index is 0.376. The normalized spacial score (nSPS) is 21.7. The number of aromatic nitrogens is 3. The molecule has 19 heavy (non-hydrogen) atoms. The summed E-state index contributed by atoms with van der Waals surface area (Å²) in [5.41, 5.74) is 0. The molecule has 0 atom stereocenters. The van der Waals surface area contributed by atoms with Crippen molar-refractivity contribution in [1.82, 2.24) is 15.0 Å². The van der Waals surface area contributed by atoms with Gasteiger partial charge in [0.2, 0.25) is 17.8 Å². The first-order valence-electron chi connectivity index (χ1n) is 6.61. The highest BCUT2D eigenvalue weighted by molar-refractivity contribution is 5.43. The van der Waals surface area contributed by atoms with Crippen molar-refractivity contribution in [3.63, 3.8) is 0 Å². The van der Waals surface area contributed by atoms with Gasteiger partial charge in [-0.15, -0.1) is 0 Å². The maximum absolute atomic E-state index is 5.54. The lowest BCUT2D eigenvalue weighted by atomic mass is 9.89. The van der Waals surface area contributed by atoms with E-state index in [-0.39, 0.29) is 0 Å². The summed E-state index contributed by atoms with van der Waals surface area (Å²) in [5.74, 6) is 1.83. The molecule has 0 spiro atoms. The number of rotatable bonds is 6. The van der Waals surface area contributed by atoms with Gasteiger partial charge in [-0.2, -0.15) is 15.0 Å². The third-order valence-electron chi connectivity index (χ3n) is 3.08. The Morgan fingerprint density at radius 2 is 1.89 bits per heavy atom. The predicted molar refractivity (Wildman–Crippen MR) is 75.8 cm³/mol. The van der Waals surface area contributed by atoms with Gasteiger partial charge in [-0.05, 0) is 19.8 Å². The average Bonchev–Trinajstić information content (AvgIpc) is 2.35. The van der Waals surface area contributed by atoms with Gasteiger partial charge in [0, 0.05) is 33.8 Å². The number of hydrogen-bond acceptors (Lipinski definition) is 7. The molecule has 0 unspecified atom stereocenters. The van der Waals surface area contributed by atoms with Gasteiger partial charge < -0.3 is 20.3 Å². The molecule has 0 aromatic carbocycles. The molecule has 2 N–H and O–H groups in total. The molecule has 1 aliphatic rings. The first-order valence-corrected chi connectivity index (χ1v) is 6.61. The molecule has 2 rings (SSSR count). The van der Waals surface area contributed by atoms with E-state index in [1.165, 1.54) is 0 Å².